The predicted molar refractivity (Wildman–Crippen MR) is 130 cm³/mol. The summed E-state index contributed by atoms with van der Waals surface area (Å²) in [5.41, 5.74) is 4.53. The van der Waals surface area contributed by atoms with E-state index in [2.05, 4.69) is 5.32 Å². The van der Waals surface area contributed by atoms with Gasteiger partial charge in [0.05, 0.1) is 16.6 Å². The van der Waals surface area contributed by atoms with E-state index in [1.54, 1.807) is 30.3 Å². The van der Waals surface area contributed by atoms with E-state index in [0.29, 0.717) is 10.7 Å². The maximum absolute atomic E-state index is 13.4. The Morgan fingerprint density at radius 1 is 0.969 bits per heavy atom. The van der Waals surface area contributed by atoms with E-state index in [9.17, 15) is 13.2 Å². The van der Waals surface area contributed by atoms with Crippen LogP contribution in [0.15, 0.2) is 71.6 Å². The maximum atomic E-state index is 13.4. The predicted octanol–water partition coefficient (Wildman–Crippen LogP) is 5.34. The molecule has 0 fully saturated rings. The first-order valence-corrected chi connectivity index (χ1v) is 12.1. The third-order valence-corrected chi connectivity index (χ3v) is 7.42. The Labute approximate surface area is 195 Å². The van der Waals surface area contributed by atoms with Crippen molar-refractivity contribution in [3.05, 3.63) is 94.0 Å². The standard InChI is InChI=1S/C25H27ClN2O3S/c1-17-8-12-24(13-9-17)32(30,31)28(23-7-5-6-22(26)15-23)16-25(29)27-20(4)21-11-10-18(2)19(3)14-21/h5-15,20H,16H2,1-4H3,(H,27,29). The van der Waals surface area contributed by atoms with Gasteiger partial charge in [0.1, 0.15) is 6.54 Å². The van der Waals surface area contributed by atoms with Crippen LogP contribution < -0.4 is 9.62 Å². The summed E-state index contributed by atoms with van der Waals surface area (Å²) in [6.07, 6.45) is 0. The highest BCUT2D eigenvalue weighted by atomic mass is 35.5. The normalized spacial score (nSPS) is 12.3. The number of hydrogen-bond donors (Lipinski definition) is 1. The minimum atomic E-state index is -3.98. The first-order chi connectivity index (χ1) is 15.1. The average Bonchev–Trinajstić information content (AvgIpc) is 2.74. The van der Waals surface area contributed by atoms with Gasteiger partial charge in [0.25, 0.3) is 10.0 Å². The van der Waals surface area contributed by atoms with Crippen LogP contribution in [0.25, 0.3) is 0 Å². The summed E-state index contributed by atoms with van der Waals surface area (Å²) < 4.78 is 28.0. The molecular formula is C25H27ClN2O3S. The van der Waals surface area contributed by atoms with Crippen molar-refractivity contribution >= 4 is 33.2 Å². The van der Waals surface area contributed by atoms with Gasteiger partial charge in [-0.25, -0.2) is 8.42 Å². The fraction of sp³-hybridized carbons (Fsp3) is 0.240. The summed E-state index contributed by atoms with van der Waals surface area (Å²) >= 11 is 6.11. The molecule has 3 aromatic rings. The van der Waals surface area contributed by atoms with E-state index in [1.807, 2.05) is 45.9 Å². The molecule has 0 aliphatic carbocycles. The van der Waals surface area contributed by atoms with E-state index < -0.39 is 15.9 Å². The van der Waals surface area contributed by atoms with Gasteiger partial charge in [-0.05, 0) is 74.7 Å². The van der Waals surface area contributed by atoms with Crippen LogP contribution in [0, 0.1) is 20.8 Å². The number of hydrogen-bond acceptors (Lipinski definition) is 3. The molecule has 5 nitrogen and oxygen atoms in total. The Kier molecular flexibility index (Phi) is 7.26. The average molecular weight is 471 g/mol. The minimum absolute atomic E-state index is 0.109. The number of benzene rings is 3. The van der Waals surface area contributed by atoms with Gasteiger partial charge in [-0.1, -0.05) is 53.6 Å². The molecule has 0 aromatic heterocycles. The summed E-state index contributed by atoms with van der Waals surface area (Å²) in [4.78, 5) is 13.0. The minimum Gasteiger partial charge on any atom is -0.348 e. The van der Waals surface area contributed by atoms with Crippen molar-refractivity contribution in [1.82, 2.24) is 5.32 Å². The van der Waals surface area contributed by atoms with E-state index in [-0.39, 0.29) is 17.5 Å². The number of anilines is 1. The number of rotatable bonds is 7. The van der Waals surface area contributed by atoms with Crippen molar-refractivity contribution in [2.24, 2.45) is 0 Å². The van der Waals surface area contributed by atoms with Gasteiger partial charge in [-0.15, -0.1) is 0 Å². The molecular weight excluding hydrogens is 444 g/mol. The van der Waals surface area contributed by atoms with Gasteiger partial charge >= 0.3 is 0 Å². The van der Waals surface area contributed by atoms with Gasteiger partial charge in [-0.3, -0.25) is 9.10 Å². The molecule has 0 aliphatic heterocycles. The fourth-order valence-corrected chi connectivity index (χ4v) is 4.92. The Balaban J connectivity index is 1.89. The molecule has 7 heteroatoms. The second-order valence-electron chi connectivity index (χ2n) is 7.94. The Bertz CT molecular complexity index is 1220. The lowest BCUT2D eigenvalue weighted by Gasteiger charge is -2.25. The van der Waals surface area contributed by atoms with Crippen LogP contribution in [0.3, 0.4) is 0 Å². The molecule has 1 amide bonds. The molecule has 1 N–H and O–H groups in total. The molecule has 3 rings (SSSR count). The van der Waals surface area contributed by atoms with E-state index >= 15 is 0 Å². The first kappa shape index (κ1) is 23.8. The number of nitrogens with one attached hydrogen (secondary N) is 1. The Morgan fingerprint density at radius 2 is 1.66 bits per heavy atom. The molecule has 0 spiro atoms. The molecule has 0 heterocycles. The lowest BCUT2D eigenvalue weighted by molar-refractivity contribution is -0.120. The monoisotopic (exact) mass is 470 g/mol. The zero-order chi connectivity index (χ0) is 23.5. The zero-order valence-corrected chi connectivity index (χ0v) is 20.2. The number of amides is 1. The molecule has 0 bridgehead atoms. The molecule has 168 valence electrons. The highest BCUT2D eigenvalue weighted by molar-refractivity contribution is 7.92. The smallest absolute Gasteiger partial charge is 0.264 e. The number of nitrogens with zero attached hydrogens (tertiary/aromatic N) is 1. The SMILES string of the molecule is Cc1ccc(S(=O)(=O)N(CC(=O)NC(C)c2ccc(C)c(C)c2)c2cccc(Cl)c2)cc1. The van der Waals surface area contributed by atoms with Gasteiger partial charge in [-0.2, -0.15) is 0 Å². The van der Waals surface area contributed by atoms with Gasteiger partial charge in [0.15, 0.2) is 0 Å². The summed E-state index contributed by atoms with van der Waals surface area (Å²) in [5.74, 6) is -0.411. The lowest BCUT2D eigenvalue weighted by atomic mass is 10.0. The lowest BCUT2D eigenvalue weighted by Crippen LogP contribution is -2.41. The van der Waals surface area contributed by atoms with Gasteiger partial charge in [0.2, 0.25) is 5.91 Å². The van der Waals surface area contributed by atoms with Crippen LogP contribution in [0.5, 0.6) is 0 Å². The highest BCUT2D eigenvalue weighted by Gasteiger charge is 2.28. The zero-order valence-electron chi connectivity index (χ0n) is 18.6. The van der Waals surface area contributed by atoms with Crippen LogP contribution in [0.2, 0.25) is 5.02 Å². The van der Waals surface area contributed by atoms with Crippen molar-refractivity contribution in [1.29, 1.82) is 0 Å². The number of halogens is 1. The van der Waals surface area contributed by atoms with E-state index in [1.165, 1.54) is 23.8 Å². The van der Waals surface area contributed by atoms with Crippen molar-refractivity contribution in [2.45, 2.75) is 38.6 Å². The number of carbonyl (C=O) groups is 1. The molecule has 0 aliphatic rings. The molecule has 1 atom stereocenters. The van der Waals surface area contributed by atoms with Crippen molar-refractivity contribution in [3.63, 3.8) is 0 Å². The van der Waals surface area contributed by atoms with Crippen molar-refractivity contribution in [2.75, 3.05) is 10.8 Å². The van der Waals surface area contributed by atoms with E-state index in [0.717, 1.165) is 21.0 Å². The number of aryl methyl sites for hydroxylation is 3. The summed E-state index contributed by atoms with van der Waals surface area (Å²) in [7, 11) is -3.98. The van der Waals surface area contributed by atoms with Crippen LogP contribution in [-0.4, -0.2) is 20.9 Å². The number of sulfonamides is 1. The Morgan fingerprint density at radius 3 is 2.28 bits per heavy atom. The second-order valence-corrected chi connectivity index (χ2v) is 10.2. The third-order valence-electron chi connectivity index (χ3n) is 5.40. The highest BCUT2D eigenvalue weighted by Crippen LogP contribution is 2.26. The summed E-state index contributed by atoms with van der Waals surface area (Å²) in [6, 6.07) is 18.7. The van der Waals surface area contributed by atoms with Gasteiger partial charge in [0, 0.05) is 5.02 Å². The number of carbonyl (C=O) groups excluding carboxylic acids is 1. The molecule has 32 heavy (non-hydrogen) atoms. The molecule has 1 unspecified atom stereocenters. The van der Waals surface area contributed by atoms with Crippen molar-refractivity contribution < 1.29 is 13.2 Å². The fourth-order valence-electron chi connectivity index (χ4n) is 3.32. The topological polar surface area (TPSA) is 66.5 Å². The first-order valence-electron chi connectivity index (χ1n) is 10.3. The van der Waals surface area contributed by atoms with Crippen molar-refractivity contribution in [3.8, 4) is 0 Å². The largest absolute Gasteiger partial charge is 0.348 e. The molecule has 3 aromatic carbocycles. The van der Waals surface area contributed by atoms with Crippen LogP contribution in [0.4, 0.5) is 5.69 Å². The Hall–Kier alpha value is -2.83. The summed E-state index contributed by atoms with van der Waals surface area (Å²) in [5, 5.41) is 3.30. The van der Waals surface area contributed by atoms with Gasteiger partial charge < -0.3 is 5.32 Å². The third kappa shape index (κ3) is 5.50. The molecule has 0 saturated carbocycles. The van der Waals surface area contributed by atoms with Crippen LogP contribution in [0.1, 0.15) is 35.2 Å². The molecule has 0 radical (unpaired) electrons. The van der Waals surface area contributed by atoms with Crippen LogP contribution in [-0.2, 0) is 14.8 Å². The quantitative estimate of drug-likeness (QED) is 0.507. The van der Waals surface area contributed by atoms with Crippen LogP contribution >= 0.6 is 11.6 Å². The molecule has 0 saturated heterocycles. The second kappa shape index (κ2) is 9.76. The maximum Gasteiger partial charge on any atom is 0.264 e. The summed E-state index contributed by atoms with van der Waals surface area (Å²) in [6.45, 7) is 7.43. The van der Waals surface area contributed by atoms with E-state index in [4.69, 9.17) is 11.6 Å².